The Kier molecular flexibility index (Phi) is 8.30. The maximum atomic E-state index is 13.1. The van der Waals surface area contributed by atoms with Crippen LogP contribution in [0.1, 0.15) is 11.6 Å². The molecule has 2 aliphatic rings. The first-order valence-corrected chi connectivity index (χ1v) is 8.38. The Bertz CT molecular complexity index is 602. The molecule has 25 heavy (non-hydrogen) atoms. The topological polar surface area (TPSA) is 72.5 Å². The van der Waals surface area contributed by atoms with Gasteiger partial charge in [0.2, 0.25) is 0 Å². The van der Waals surface area contributed by atoms with Crippen molar-refractivity contribution in [2.45, 2.75) is 6.04 Å². The van der Waals surface area contributed by atoms with Crippen molar-refractivity contribution in [3.63, 3.8) is 0 Å². The summed E-state index contributed by atoms with van der Waals surface area (Å²) < 4.78 is 23.4. The lowest BCUT2D eigenvalue weighted by atomic mass is 10.1. The zero-order valence-electron chi connectivity index (χ0n) is 14.2. The van der Waals surface area contributed by atoms with E-state index in [-0.39, 0.29) is 11.9 Å². The Labute approximate surface area is 148 Å². The second kappa shape index (κ2) is 10.8. The van der Waals surface area contributed by atoms with Crippen molar-refractivity contribution in [2.24, 2.45) is 0 Å². The van der Waals surface area contributed by atoms with Gasteiger partial charge in [-0.05, 0) is 17.7 Å². The summed E-state index contributed by atoms with van der Waals surface area (Å²) in [6, 6.07) is 10.2. The van der Waals surface area contributed by atoms with Gasteiger partial charge in [0.1, 0.15) is 11.9 Å². The highest BCUT2D eigenvalue weighted by molar-refractivity contribution is 5.25. The minimum absolute atomic E-state index is 0.300. The molecule has 1 atom stereocenters. The van der Waals surface area contributed by atoms with Gasteiger partial charge < -0.3 is 9.47 Å². The summed E-state index contributed by atoms with van der Waals surface area (Å²) in [5.41, 5.74) is 0.712. The number of halogens is 1. The molecule has 0 amide bonds. The monoisotopic (exact) mass is 346 g/mol. The number of hydrogen-bond acceptors (Lipinski definition) is 6. The highest BCUT2D eigenvalue weighted by Gasteiger charge is 2.22. The Balaban J connectivity index is 0.000000212. The van der Waals surface area contributed by atoms with Gasteiger partial charge in [0.25, 0.3) is 0 Å². The molecule has 0 aliphatic carbocycles. The van der Waals surface area contributed by atoms with Gasteiger partial charge in [-0.2, -0.15) is 10.5 Å². The van der Waals surface area contributed by atoms with Crippen LogP contribution >= 0.6 is 0 Å². The van der Waals surface area contributed by atoms with Crippen molar-refractivity contribution >= 4 is 0 Å². The summed E-state index contributed by atoms with van der Waals surface area (Å²) in [6.45, 7) is 6.62. The van der Waals surface area contributed by atoms with Crippen LogP contribution < -0.4 is 0 Å². The number of benzene rings is 1. The average Bonchev–Trinajstić information content (AvgIpc) is 2.65. The molecule has 2 aliphatic heterocycles. The van der Waals surface area contributed by atoms with Crippen LogP contribution in [-0.2, 0) is 9.47 Å². The van der Waals surface area contributed by atoms with E-state index in [1.807, 2.05) is 4.90 Å². The molecule has 2 fully saturated rings. The second-order valence-electron chi connectivity index (χ2n) is 5.78. The van der Waals surface area contributed by atoms with Crippen LogP contribution in [0, 0.1) is 28.5 Å². The van der Waals surface area contributed by atoms with Crippen LogP contribution in [0.3, 0.4) is 0 Å². The van der Waals surface area contributed by atoms with E-state index >= 15 is 0 Å². The zero-order chi connectivity index (χ0) is 17.9. The summed E-state index contributed by atoms with van der Waals surface area (Å²) in [7, 11) is 0. The number of nitrogens with zero attached hydrogens (tertiary/aromatic N) is 4. The smallest absolute Gasteiger partial charge is 0.124 e. The molecular weight excluding hydrogens is 323 g/mol. The Hall–Kier alpha value is -2.03. The highest BCUT2D eigenvalue weighted by Crippen LogP contribution is 2.21. The first-order valence-electron chi connectivity index (χ1n) is 8.38. The molecule has 1 unspecified atom stereocenters. The van der Waals surface area contributed by atoms with Crippen LogP contribution in [0.15, 0.2) is 24.3 Å². The summed E-state index contributed by atoms with van der Waals surface area (Å²) >= 11 is 0. The van der Waals surface area contributed by atoms with E-state index in [9.17, 15) is 4.39 Å². The molecule has 6 nitrogen and oxygen atoms in total. The summed E-state index contributed by atoms with van der Waals surface area (Å²) in [4.78, 5) is 4.10. The molecule has 7 heteroatoms. The summed E-state index contributed by atoms with van der Waals surface area (Å²) in [6.07, 6.45) is 0. The standard InChI is InChI=1S/C12H13FN2O.C6H10N2O/c13-11-3-1-2-10(8-11)12(9-14)15-4-6-16-7-5-15;7-1-2-8-3-5-9-6-4-8/h1-3,8,12H,4-7H2;2-6H2. The number of morpholine rings is 2. The fraction of sp³-hybridized carbons (Fsp3) is 0.556. The van der Waals surface area contributed by atoms with Crippen LogP contribution in [0.2, 0.25) is 0 Å². The van der Waals surface area contributed by atoms with E-state index < -0.39 is 0 Å². The normalized spacial score (nSPS) is 19.8. The van der Waals surface area contributed by atoms with E-state index in [2.05, 4.69) is 17.0 Å². The van der Waals surface area contributed by atoms with Crippen molar-refractivity contribution in [2.75, 3.05) is 59.2 Å². The van der Waals surface area contributed by atoms with E-state index in [1.165, 1.54) is 12.1 Å². The minimum atomic E-state index is -0.375. The van der Waals surface area contributed by atoms with E-state index in [4.69, 9.17) is 20.0 Å². The molecule has 0 radical (unpaired) electrons. The van der Waals surface area contributed by atoms with Gasteiger partial charge in [-0.25, -0.2) is 4.39 Å². The molecule has 134 valence electrons. The Morgan fingerprint density at radius 3 is 2.24 bits per heavy atom. The molecule has 0 N–H and O–H groups in total. The maximum absolute atomic E-state index is 13.1. The molecule has 1 aromatic carbocycles. The van der Waals surface area contributed by atoms with Crippen LogP contribution in [0.5, 0.6) is 0 Å². The lowest BCUT2D eigenvalue weighted by Gasteiger charge is -2.30. The van der Waals surface area contributed by atoms with Gasteiger partial charge in [-0.15, -0.1) is 0 Å². The van der Waals surface area contributed by atoms with Gasteiger partial charge in [0.15, 0.2) is 0 Å². The third kappa shape index (κ3) is 6.41. The van der Waals surface area contributed by atoms with E-state index in [1.54, 1.807) is 12.1 Å². The largest absolute Gasteiger partial charge is 0.379 e. The lowest BCUT2D eigenvalue weighted by molar-refractivity contribution is 0.0266. The molecule has 0 spiro atoms. The SMILES string of the molecule is N#CC(c1cccc(F)c1)N1CCOCC1.N#CCN1CCOCC1. The van der Waals surface area contributed by atoms with Gasteiger partial charge >= 0.3 is 0 Å². The van der Waals surface area contributed by atoms with Crippen molar-refractivity contribution in [3.05, 3.63) is 35.6 Å². The van der Waals surface area contributed by atoms with Crippen LogP contribution in [0.4, 0.5) is 4.39 Å². The molecule has 0 bridgehead atoms. The van der Waals surface area contributed by atoms with E-state index in [0.29, 0.717) is 25.3 Å². The fourth-order valence-electron chi connectivity index (χ4n) is 2.74. The fourth-order valence-corrected chi connectivity index (χ4v) is 2.74. The highest BCUT2D eigenvalue weighted by atomic mass is 19.1. The third-order valence-electron chi connectivity index (χ3n) is 4.10. The van der Waals surface area contributed by atoms with Crippen molar-refractivity contribution in [1.82, 2.24) is 9.80 Å². The molecule has 3 rings (SSSR count). The maximum Gasteiger partial charge on any atom is 0.124 e. The molecule has 0 saturated carbocycles. The van der Waals surface area contributed by atoms with Crippen molar-refractivity contribution < 1.29 is 13.9 Å². The first kappa shape index (κ1) is 19.3. The third-order valence-corrected chi connectivity index (χ3v) is 4.10. The number of nitriles is 2. The minimum Gasteiger partial charge on any atom is -0.379 e. The number of hydrogen-bond donors (Lipinski definition) is 0. The van der Waals surface area contributed by atoms with Crippen molar-refractivity contribution in [1.29, 1.82) is 10.5 Å². The zero-order valence-corrected chi connectivity index (χ0v) is 14.2. The molecule has 0 aromatic heterocycles. The predicted octanol–water partition coefficient (Wildman–Crippen LogP) is 1.56. The quantitative estimate of drug-likeness (QED) is 0.774. The molecule has 2 heterocycles. The van der Waals surface area contributed by atoms with Gasteiger partial charge in [-0.1, -0.05) is 12.1 Å². The summed E-state index contributed by atoms with van der Waals surface area (Å²) in [5, 5.41) is 17.5. The Morgan fingerprint density at radius 1 is 1.04 bits per heavy atom. The predicted molar refractivity (Wildman–Crippen MR) is 90.0 cm³/mol. The molecular formula is C18H23FN4O2. The second-order valence-corrected chi connectivity index (χ2v) is 5.78. The first-order chi connectivity index (χ1) is 12.2. The average molecular weight is 346 g/mol. The van der Waals surface area contributed by atoms with Crippen molar-refractivity contribution in [3.8, 4) is 12.1 Å². The van der Waals surface area contributed by atoms with Gasteiger partial charge in [0.05, 0.1) is 45.1 Å². The van der Waals surface area contributed by atoms with Gasteiger partial charge in [-0.3, -0.25) is 9.80 Å². The van der Waals surface area contributed by atoms with Crippen LogP contribution in [0.25, 0.3) is 0 Å². The number of rotatable bonds is 3. The molecule has 2 saturated heterocycles. The Morgan fingerprint density at radius 2 is 1.68 bits per heavy atom. The van der Waals surface area contributed by atoms with Crippen LogP contribution in [-0.4, -0.2) is 69.0 Å². The molecule has 1 aromatic rings. The van der Waals surface area contributed by atoms with E-state index in [0.717, 1.165) is 39.4 Å². The summed E-state index contributed by atoms with van der Waals surface area (Å²) in [5.74, 6) is -0.300. The van der Waals surface area contributed by atoms with Gasteiger partial charge in [0, 0.05) is 26.2 Å². The number of ether oxygens (including phenoxy) is 2. The lowest BCUT2D eigenvalue weighted by Crippen LogP contribution is -2.38.